The van der Waals surface area contributed by atoms with Crippen molar-refractivity contribution in [2.75, 3.05) is 0 Å². The van der Waals surface area contributed by atoms with Crippen molar-refractivity contribution < 1.29 is 13.2 Å². The topological polar surface area (TPSA) is 69.4 Å². The summed E-state index contributed by atoms with van der Waals surface area (Å²) in [6, 6.07) is 11.7. The maximum absolute atomic E-state index is 12.9. The summed E-state index contributed by atoms with van der Waals surface area (Å²) < 4.78 is 39.7. The fraction of sp³-hybridized carbons (Fsp3) is 0.190. The van der Waals surface area contributed by atoms with Gasteiger partial charge in [0, 0.05) is 24.0 Å². The van der Waals surface area contributed by atoms with Crippen LogP contribution < -0.4 is 0 Å². The molecule has 4 aromatic heterocycles. The molecule has 0 aliphatic heterocycles. The van der Waals surface area contributed by atoms with E-state index >= 15 is 0 Å². The Morgan fingerprint density at radius 3 is 2.20 bits per heavy atom. The van der Waals surface area contributed by atoms with E-state index in [4.69, 9.17) is 4.98 Å². The van der Waals surface area contributed by atoms with Crippen LogP contribution in [-0.2, 0) is 11.6 Å². The highest BCUT2D eigenvalue weighted by atomic mass is 19.4. The second kappa shape index (κ2) is 7.33. The third-order valence-corrected chi connectivity index (χ3v) is 4.70. The zero-order chi connectivity index (χ0) is 21.4. The van der Waals surface area contributed by atoms with E-state index in [1.165, 1.54) is 6.20 Å². The van der Waals surface area contributed by atoms with Crippen molar-refractivity contribution in [1.82, 2.24) is 29.7 Å². The van der Waals surface area contributed by atoms with Crippen LogP contribution >= 0.6 is 0 Å². The van der Waals surface area contributed by atoms with Crippen LogP contribution in [0.3, 0.4) is 0 Å². The van der Waals surface area contributed by atoms with Crippen LogP contribution in [0, 0.1) is 0 Å². The van der Waals surface area contributed by atoms with Crippen molar-refractivity contribution in [1.29, 1.82) is 0 Å². The third kappa shape index (κ3) is 3.78. The van der Waals surface area contributed by atoms with Crippen LogP contribution in [0.2, 0.25) is 0 Å². The number of alkyl halides is 3. The van der Waals surface area contributed by atoms with Gasteiger partial charge in [-0.25, -0.2) is 9.67 Å². The predicted octanol–water partition coefficient (Wildman–Crippen LogP) is 4.46. The number of halogens is 3. The second-order valence-corrected chi connectivity index (χ2v) is 7.15. The molecule has 0 aliphatic carbocycles. The number of hydrogen-bond donors (Lipinski definition) is 0. The molecule has 4 aromatic rings. The van der Waals surface area contributed by atoms with E-state index < -0.39 is 17.3 Å². The van der Waals surface area contributed by atoms with Gasteiger partial charge in [-0.3, -0.25) is 15.0 Å². The van der Waals surface area contributed by atoms with Crippen LogP contribution in [0.1, 0.15) is 30.9 Å². The monoisotopic (exact) mass is 410 g/mol. The highest BCUT2D eigenvalue weighted by molar-refractivity contribution is 5.53. The van der Waals surface area contributed by atoms with Gasteiger partial charge in [0.05, 0.1) is 23.3 Å². The lowest BCUT2D eigenvalue weighted by molar-refractivity contribution is -0.141. The Morgan fingerprint density at radius 2 is 1.53 bits per heavy atom. The van der Waals surface area contributed by atoms with Gasteiger partial charge in [-0.05, 0) is 44.2 Å². The summed E-state index contributed by atoms with van der Waals surface area (Å²) in [4.78, 5) is 17.6. The van der Waals surface area contributed by atoms with Crippen LogP contribution in [0.25, 0.3) is 17.2 Å². The molecule has 0 radical (unpaired) electrons. The molecule has 0 aromatic carbocycles. The molecule has 0 saturated heterocycles. The van der Waals surface area contributed by atoms with E-state index in [9.17, 15) is 13.2 Å². The number of aromatic nitrogens is 6. The van der Waals surface area contributed by atoms with E-state index in [2.05, 4.69) is 20.1 Å². The Balaban J connectivity index is 1.70. The maximum Gasteiger partial charge on any atom is 0.435 e. The first-order chi connectivity index (χ1) is 14.2. The predicted molar refractivity (Wildman–Crippen MR) is 104 cm³/mol. The Hall–Kier alpha value is -3.62. The third-order valence-electron chi connectivity index (χ3n) is 4.70. The molecule has 0 N–H and O–H groups in total. The molecule has 0 atom stereocenters. The van der Waals surface area contributed by atoms with E-state index in [1.807, 2.05) is 38.1 Å². The molecule has 30 heavy (non-hydrogen) atoms. The summed E-state index contributed by atoms with van der Waals surface area (Å²) >= 11 is 0. The lowest BCUT2D eigenvalue weighted by Gasteiger charge is -2.24. The van der Waals surface area contributed by atoms with Crippen LogP contribution in [0.5, 0.6) is 0 Å². The minimum atomic E-state index is -4.51. The van der Waals surface area contributed by atoms with Gasteiger partial charge in [0.1, 0.15) is 5.69 Å². The molecule has 4 rings (SSSR count). The fourth-order valence-corrected chi connectivity index (χ4v) is 2.99. The fourth-order valence-electron chi connectivity index (χ4n) is 2.99. The number of nitrogens with zero attached hydrogens (tertiary/aromatic N) is 6. The Bertz CT molecular complexity index is 1170. The molecule has 4 heterocycles. The summed E-state index contributed by atoms with van der Waals surface area (Å²) in [6.45, 7) is 3.90. The van der Waals surface area contributed by atoms with Crippen molar-refractivity contribution in [2.45, 2.75) is 25.4 Å². The quantitative estimate of drug-likeness (QED) is 0.497. The van der Waals surface area contributed by atoms with Gasteiger partial charge in [0.25, 0.3) is 0 Å². The summed E-state index contributed by atoms with van der Waals surface area (Å²) in [5.41, 5.74) is 1.13. The average molecular weight is 410 g/mol. The van der Waals surface area contributed by atoms with Crippen molar-refractivity contribution >= 4 is 0 Å². The van der Waals surface area contributed by atoms with E-state index in [0.717, 1.165) is 16.4 Å². The van der Waals surface area contributed by atoms with Gasteiger partial charge in [-0.2, -0.15) is 18.3 Å². The molecule has 152 valence electrons. The molecule has 0 saturated carbocycles. The van der Waals surface area contributed by atoms with Crippen molar-refractivity contribution in [3.8, 4) is 17.2 Å². The molecule has 0 aliphatic rings. The largest absolute Gasteiger partial charge is 0.435 e. The summed E-state index contributed by atoms with van der Waals surface area (Å²) in [6.07, 6.45) is 1.56. The van der Waals surface area contributed by atoms with Crippen molar-refractivity contribution in [2.24, 2.45) is 0 Å². The first-order valence-electron chi connectivity index (χ1n) is 9.10. The zero-order valence-corrected chi connectivity index (χ0v) is 16.2. The average Bonchev–Trinajstić information content (AvgIpc) is 3.26. The Kier molecular flexibility index (Phi) is 4.81. The highest BCUT2D eigenvalue weighted by Crippen LogP contribution is 2.31. The minimum absolute atomic E-state index is 0.293. The second-order valence-electron chi connectivity index (χ2n) is 7.15. The molecule has 0 unspecified atom stereocenters. The normalized spacial score (nSPS) is 12.2. The molecule has 0 fully saturated rings. The molecule has 9 heteroatoms. The molecule has 0 amide bonds. The molecular weight excluding hydrogens is 393 g/mol. The summed E-state index contributed by atoms with van der Waals surface area (Å²) in [5, 5.41) is 3.60. The van der Waals surface area contributed by atoms with Crippen molar-refractivity contribution in [3.63, 3.8) is 0 Å². The van der Waals surface area contributed by atoms with Gasteiger partial charge in [-0.1, -0.05) is 12.1 Å². The molecular formula is C21H17F3N6. The number of rotatable bonds is 4. The van der Waals surface area contributed by atoms with Crippen LogP contribution in [-0.4, -0.2) is 29.7 Å². The SMILES string of the molecule is CC(C)(c1cccc(-c2cnccn2)n1)c1cccc(-n2ccc(C(F)(F)F)n2)n1. The lowest BCUT2D eigenvalue weighted by Crippen LogP contribution is -2.23. The summed E-state index contributed by atoms with van der Waals surface area (Å²) in [7, 11) is 0. The molecule has 6 nitrogen and oxygen atoms in total. The zero-order valence-electron chi connectivity index (χ0n) is 16.2. The number of hydrogen-bond acceptors (Lipinski definition) is 5. The maximum atomic E-state index is 12.9. The first kappa shape index (κ1) is 19.7. The highest BCUT2D eigenvalue weighted by Gasteiger charge is 2.34. The first-order valence-corrected chi connectivity index (χ1v) is 9.10. The Morgan fingerprint density at radius 1 is 0.800 bits per heavy atom. The van der Waals surface area contributed by atoms with Gasteiger partial charge in [0.2, 0.25) is 0 Å². The van der Waals surface area contributed by atoms with Gasteiger partial charge >= 0.3 is 6.18 Å². The van der Waals surface area contributed by atoms with E-state index in [0.29, 0.717) is 22.9 Å². The number of pyridine rings is 2. The van der Waals surface area contributed by atoms with Crippen LogP contribution in [0.15, 0.2) is 67.3 Å². The molecule has 0 bridgehead atoms. The van der Waals surface area contributed by atoms with Gasteiger partial charge in [-0.15, -0.1) is 0 Å². The van der Waals surface area contributed by atoms with E-state index in [1.54, 1.807) is 30.7 Å². The smallest absolute Gasteiger partial charge is 0.261 e. The lowest BCUT2D eigenvalue weighted by atomic mass is 9.84. The summed E-state index contributed by atoms with van der Waals surface area (Å²) in [5.74, 6) is 0.293. The van der Waals surface area contributed by atoms with Gasteiger partial charge in [0.15, 0.2) is 11.5 Å². The van der Waals surface area contributed by atoms with E-state index in [-0.39, 0.29) is 0 Å². The van der Waals surface area contributed by atoms with Crippen molar-refractivity contribution in [3.05, 3.63) is 84.3 Å². The minimum Gasteiger partial charge on any atom is -0.261 e. The molecule has 0 spiro atoms. The Labute approximate surface area is 170 Å². The van der Waals surface area contributed by atoms with Crippen LogP contribution in [0.4, 0.5) is 13.2 Å². The van der Waals surface area contributed by atoms with Gasteiger partial charge < -0.3 is 0 Å². The standard InChI is InChI=1S/C21H17F3N6/c1-20(2,16-6-3-5-14(27-16)15-13-25-10-11-26-15)17-7-4-8-19(28-17)30-12-9-18(29-30)21(22,23)24/h3-13H,1-2H3.